The van der Waals surface area contributed by atoms with E-state index in [0.29, 0.717) is 6.54 Å². The Kier molecular flexibility index (Phi) is 9.92. The molecule has 0 aliphatic rings. The fraction of sp³-hybridized carbons (Fsp3) is 1.00. The lowest BCUT2D eigenvalue weighted by molar-refractivity contribution is 0.577. The number of nitrogens with one attached hydrogen (secondary N) is 1. The molecule has 67 valence electrons. The topological polar surface area (TPSA) is 23.8 Å². The van der Waals surface area contributed by atoms with Crippen molar-refractivity contribution in [1.29, 1.82) is 0 Å². The molecule has 0 saturated carbocycles. The Balaban J connectivity index is 2.69. The molecule has 0 aliphatic heterocycles. The van der Waals surface area contributed by atoms with E-state index in [-0.39, 0.29) is 0 Å². The van der Waals surface area contributed by atoms with Crippen LogP contribution in [0.2, 0.25) is 0 Å². The van der Waals surface area contributed by atoms with Crippen molar-refractivity contribution in [3.8, 4) is 0 Å². The van der Waals surface area contributed by atoms with Crippen molar-refractivity contribution in [2.45, 2.75) is 58.3 Å². The predicted octanol–water partition coefficient (Wildman–Crippen LogP) is 3.41. The van der Waals surface area contributed by atoms with Gasteiger partial charge >= 0.3 is 0 Å². The molecule has 0 rings (SSSR count). The molecular weight excluding hydrogens is 134 g/mol. The predicted molar refractivity (Wildman–Crippen MR) is 50.6 cm³/mol. The van der Waals surface area contributed by atoms with Crippen molar-refractivity contribution >= 4 is 0 Å². The van der Waals surface area contributed by atoms with E-state index in [0.717, 1.165) is 6.42 Å². The van der Waals surface area contributed by atoms with Gasteiger partial charge in [-0.25, -0.2) is 0 Å². The van der Waals surface area contributed by atoms with Gasteiger partial charge in [-0.2, -0.15) is 0 Å². The van der Waals surface area contributed by atoms with Crippen molar-refractivity contribution in [2.75, 3.05) is 6.54 Å². The minimum atomic E-state index is 0.620. The van der Waals surface area contributed by atoms with Crippen LogP contribution in [-0.4, -0.2) is 6.54 Å². The van der Waals surface area contributed by atoms with E-state index in [1.165, 1.54) is 44.9 Å². The standard InChI is InChI=1S/C10H22N/c1-2-3-4-5-6-7-8-9-10-11/h11H,2-10H2,1H3. The molecular formula is C10H22N. The van der Waals surface area contributed by atoms with Gasteiger partial charge in [0, 0.05) is 6.54 Å². The number of hydrogen-bond acceptors (Lipinski definition) is 0. The molecule has 0 aromatic rings. The summed E-state index contributed by atoms with van der Waals surface area (Å²) < 4.78 is 0. The third-order valence-electron chi connectivity index (χ3n) is 2.03. The molecule has 1 N–H and O–H groups in total. The molecule has 1 radical (unpaired) electrons. The lowest BCUT2D eigenvalue weighted by Gasteiger charge is -1.98. The van der Waals surface area contributed by atoms with Crippen LogP contribution >= 0.6 is 0 Å². The zero-order valence-corrected chi connectivity index (χ0v) is 7.86. The van der Waals surface area contributed by atoms with Gasteiger partial charge in [0.1, 0.15) is 0 Å². The summed E-state index contributed by atoms with van der Waals surface area (Å²) in [6.07, 6.45) is 10.7. The van der Waals surface area contributed by atoms with Gasteiger partial charge in [-0.1, -0.05) is 51.9 Å². The average Bonchev–Trinajstić information content (AvgIpc) is 2.03. The van der Waals surface area contributed by atoms with Gasteiger partial charge in [-0.05, 0) is 6.42 Å². The first kappa shape index (κ1) is 11.0. The van der Waals surface area contributed by atoms with Crippen molar-refractivity contribution in [3.63, 3.8) is 0 Å². The number of hydrogen-bond donors (Lipinski definition) is 0. The monoisotopic (exact) mass is 156 g/mol. The second-order valence-electron chi connectivity index (χ2n) is 3.22. The summed E-state index contributed by atoms with van der Waals surface area (Å²) in [5.74, 6) is 0. The molecule has 1 heteroatoms. The van der Waals surface area contributed by atoms with Crippen molar-refractivity contribution in [3.05, 3.63) is 0 Å². The molecule has 0 saturated heterocycles. The fourth-order valence-electron chi connectivity index (χ4n) is 1.26. The molecule has 0 amide bonds. The zero-order valence-electron chi connectivity index (χ0n) is 7.86. The summed E-state index contributed by atoms with van der Waals surface area (Å²) in [5.41, 5.74) is 6.95. The molecule has 0 aromatic heterocycles. The van der Waals surface area contributed by atoms with Crippen LogP contribution in [0.25, 0.3) is 0 Å². The Bertz CT molecular complexity index is 53.9. The molecule has 0 aromatic carbocycles. The van der Waals surface area contributed by atoms with E-state index < -0.39 is 0 Å². The number of unbranched alkanes of at least 4 members (excludes halogenated alkanes) is 7. The Morgan fingerprint density at radius 3 is 1.64 bits per heavy atom. The first-order valence-electron chi connectivity index (χ1n) is 5.06. The average molecular weight is 156 g/mol. The van der Waals surface area contributed by atoms with Crippen LogP contribution < -0.4 is 5.73 Å². The molecule has 0 spiro atoms. The van der Waals surface area contributed by atoms with Gasteiger partial charge in [0.05, 0.1) is 0 Å². The van der Waals surface area contributed by atoms with Crippen LogP contribution in [0, 0.1) is 0 Å². The molecule has 0 heterocycles. The van der Waals surface area contributed by atoms with E-state index in [1.807, 2.05) is 0 Å². The van der Waals surface area contributed by atoms with Gasteiger partial charge in [0.25, 0.3) is 0 Å². The Labute approximate surface area is 71.4 Å². The minimum absolute atomic E-state index is 0.620. The molecule has 11 heavy (non-hydrogen) atoms. The Morgan fingerprint density at radius 1 is 0.727 bits per heavy atom. The third kappa shape index (κ3) is 9.96. The second-order valence-corrected chi connectivity index (χ2v) is 3.22. The zero-order chi connectivity index (χ0) is 8.36. The highest BCUT2D eigenvalue weighted by molar-refractivity contribution is 4.45. The summed E-state index contributed by atoms with van der Waals surface area (Å²) in [6.45, 7) is 2.87. The summed E-state index contributed by atoms with van der Waals surface area (Å²) in [6, 6.07) is 0. The maximum atomic E-state index is 6.95. The van der Waals surface area contributed by atoms with Crippen LogP contribution in [0.4, 0.5) is 0 Å². The van der Waals surface area contributed by atoms with Gasteiger partial charge < -0.3 is 0 Å². The van der Waals surface area contributed by atoms with E-state index in [1.54, 1.807) is 0 Å². The highest BCUT2D eigenvalue weighted by Gasteiger charge is 1.89. The highest BCUT2D eigenvalue weighted by Crippen LogP contribution is 2.07. The quantitative estimate of drug-likeness (QED) is 0.481. The SMILES string of the molecule is CCCCCCCCCC[NH]. The summed E-state index contributed by atoms with van der Waals surface area (Å²) in [7, 11) is 0. The second kappa shape index (κ2) is 9.96. The van der Waals surface area contributed by atoms with E-state index in [9.17, 15) is 0 Å². The molecule has 0 atom stereocenters. The summed E-state index contributed by atoms with van der Waals surface area (Å²) in [5, 5.41) is 0. The minimum Gasteiger partial charge on any atom is -0.258 e. The molecule has 0 aliphatic carbocycles. The van der Waals surface area contributed by atoms with Crippen LogP contribution in [0.1, 0.15) is 58.3 Å². The largest absolute Gasteiger partial charge is 0.258 e. The lowest BCUT2D eigenvalue weighted by atomic mass is 10.1. The summed E-state index contributed by atoms with van der Waals surface area (Å²) in [4.78, 5) is 0. The first-order chi connectivity index (χ1) is 5.41. The third-order valence-corrected chi connectivity index (χ3v) is 2.03. The van der Waals surface area contributed by atoms with Crippen LogP contribution in [-0.2, 0) is 0 Å². The normalized spacial score (nSPS) is 10.4. The van der Waals surface area contributed by atoms with Crippen molar-refractivity contribution < 1.29 is 0 Å². The first-order valence-corrected chi connectivity index (χ1v) is 5.06. The van der Waals surface area contributed by atoms with Gasteiger partial charge in [-0.3, -0.25) is 5.73 Å². The maximum Gasteiger partial charge on any atom is 0.00997 e. The smallest absolute Gasteiger partial charge is 0.00997 e. The van der Waals surface area contributed by atoms with Crippen LogP contribution in [0.5, 0.6) is 0 Å². The fourth-order valence-corrected chi connectivity index (χ4v) is 1.26. The molecule has 1 nitrogen and oxygen atoms in total. The molecule has 0 unspecified atom stereocenters. The van der Waals surface area contributed by atoms with Crippen molar-refractivity contribution in [2.24, 2.45) is 0 Å². The molecule has 0 bridgehead atoms. The van der Waals surface area contributed by atoms with Gasteiger partial charge in [-0.15, -0.1) is 0 Å². The highest BCUT2D eigenvalue weighted by atomic mass is 14.5. The van der Waals surface area contributed by atoms with Crippen molar-refractivity contribution in [1.82, 2.24) is 5.73 Å². The van der Waals surface area contributed by atoms with Crippen LogP contribution in [0.15, 0.2) is 0 Å². The Morgan fingerprint density at radius 2 is 1.18 bits per heavy atom. The van der Waals surface area contributed by atoms with E-state index >= 15 is 0 Å². The maximum absolute atomic E-state index is 6.95. The van der Waals surface area contributed by atoms with E-state index in [2.05, 4.69) is 6.92 Å². The Hall–Kier alpha value is -0.0400. The lowest BCUT2D eigenvalue weighted by Crippen LogP contribution is -1.85. The summed E-state index contributed by atoms with van der Waals surface area (Å²) >= 11 is 0. The molecule has 0 fully saturated rings. The van der Waals surface area contributed by atoms with Gasteiger partial charge in [0.15, 0.2) is 0 Å². The number of rotatable bonds is 8. The van der Waals surface area contributed by atoms with E-state index in [4.69, 9.17) is 5.73 Å². The van der Waals surface area contributed by atoms with Crippen LogP contribution in [0.3, 0.4) is 0 Å². The van der Waals surface area contributed by atoms with Gasteiger partial charge in [0.2, 0.25) is 0 Å².